The molecule has 1 N–H and O–H groups in total. The maximum Gasteiger partial charge on any atom is 0.416 e. The summed E-state index contributed by atoms with van der Waals surface area (Å²) in [4.78, 5) is 30.0. The molecule has 1 saturated heterocycles. The Morgan fingerprint density at radius 1 is 1.00 bits per heavy atom. The number of ether oxygens (including phenoxy) is 2. The first-order chi connectivity index (χ1) is 21.1. The first-order valence-electron chi connectivity index (χ1n) is 15.4. The van der Waals surface area contributed by atoms with Crippen LogP contribution in [0.15, 0.2) is 48.5 Å². The number of likely N-dealkylation sites (tertiary alicyclic amines) is 1. The van der Waals surface area contributed by atoms with Gasteiger partial charge in [-0.05, 0) is 48.9 Å². The van der Waals surface area contributed by atoms with Crippen molar-refractivity contribution in [3.05, 3.63) is 65.2 Å². The summed E-state index contributed by atoms with van der Waals surface area (Å²) in [6, 6.07) is 10.1. The SMILES string of the molecule is CCS(=O)(=O)NC(=O)[C@@H]1[C@@H](C(C)(C)C)[C@H](OCc2cc(C(F)(F)F)ccc2OC)[C@H](c2ccccc2)N1C(=O)C1CCCCC1. The molecule has 1 aliphatic heterocycles. The fraction of sp³-hybridized carbons (Fsp3) is 0.576. The van der Waals surface area contributed by atoms with E-state index in [0.717, 1.165) is 31.4 Å². The smallest absolute Gasteiger partial charge is 0.416 e. The summed E-state index contributed by atoms with van der Waals surface area (Å²) in [5.41, 5.74) is -0.754. The van der Waals surface area contributed by atoms with E-state index in [1.165, 1.54) is 25.0 Å². The minimum absolute atomic E-state index is 0.151. The van der Waals surface area contributed by atoms with Gasteiger partial charge in [0.05, 0.1) is 37.2 Å². The van der Waals surface area contributed by atoms with Crippen molar-refractivity contribution in [2.24, 2.45) is 17.3 Å². The van der Waals surface area contributed by atoms with Crippen LogP contribution in [0.4, 0.5) is 13.2 Å². The largest absolute Gasteiger partial charge is 0.496 e. The highest BCUT2D eigenvalue weighted by atomic mass is 32.2. The van der Waals surface area contributed by atoms with Gasteiger partial charge in [-0.3, -0.25) is 14.3 Å². The molecule has 0 radical (unpaired) electrons. The van der Waals surface area contributed by atoms with Gasteiger partial charge in [-0.25, -0.2) is 8.42 Å². The maximum atomic E-state index is 14.5. The molecule has 4 rings (SSSR count). The second kappa shape index (κ2) is 13.7. The summed E-state index contributed by atoms with van der Waals surface area (Å²) < 4.78 is 80.3. The summed E-state index contributed by atoms with van der Waals surface area (Å²) in [7, 11) is -2.63. The van der Waals surface area contributed by atoms with Crippen molar-refractivity contribution in [1.29, 1.82) is 0 Å². The van der Waals surface area contributed by atoms with E-state index in [1.807, 2.05) is 39.0 Å². The quantitative estimate of drug-likeness (QED) is 0.343. The van der Waals surface area contributed by atoms with Crippen LogP contribution in [0.1, 0.15) is 82.5 Å². The Kier molecular flexibility index (Phi) is 10.6. The van der Waals surface area contributed by atoms with Crippen LogP contribution in [0.5, 0.6) is 5.75 Å². The second-order valence-corrected chi connectivity index (χ2v) is 15.0. The lowest BCUT2D eigenvalue weighted by molar-refractivity contribution is -0.145. The summed E-state index contributed by atoms with van der Waals surface area (Å²) in [6.07, 6.45) is -1.47. The van der Waals surface area contributed by atoms with Gasteiger partial charge in [0.15, 0.2) is 0 Å². The van der Waals surface area contributed by atoms with E-state index in [2.05, 4.69) is 4.72 Å². The van der Waals surface area contributed by atoms with Crippen LogP contribution in [0.25, 0.3) is 0 Å². The molecule has 4 atom stereocenters. The molecule has 1 saturated carbocycles. The Bertz CT molecular complexity index is 1450. The number of hydrogen-bond donors (Lipinski definition) is 1. The predicted octanol–water partition coefficient (Wildman–Crippen LogP) is 6.26. The average Bonchev–Trinajstić information content (AvgIpc) is 3.35. The normalized spacial score (nSPS) is 23.2. The summed E-state index contributed by atoms with van der Waals surface area (Å²) in [5.74, 6) is -2.31. The highest BCUT2D eigenvalue weighted by molar-refractivity contribution is 7.90. The molecule has 2 aromatic carbocycles. The Labute approximate surface area is 263 Å². The summed E-state index contributed by atoms with van der Waals surface area (Å²) in [6.45, 7) is 6.75. The molecule has 2 aromatic rings. The fourth-order valence-corrected chi connectivity index (χ4v) is 7.28. The Hall–Kier alpha value is -3.12. The van der Waals surface area contributed by atoms with Crippen LogP contribution in [0, 0.1) is 17.3 Å². The van der Waals surface area contributed by atoms with Crippen LogP contribution in [0.2, 0.25) is 0 Å². The number of rotatable bonds is 9. The number of carbonyl (C=O) groups is 2. The molecule has 12 heteroatoms. The minimum Gasteiger partial charge on any atom is -0.496 e. The molecule has 2 aliphatic rings. The second-order valence-electron chi connectivity index (χ2n) is 12.9. The standard InChI is InChI=1S/C33H43F3N2O6S/c1-6-45(41,42)37-30(39)28-26(32(2,3)4)29(44-20-23-19-24(33(34,35)36)17-18-25(23)43-5)27(21-13-9-7-10-14-21)38(28)31(40)22-15-11-8-12-16-22/h7,9-10,13-14,17-19,22,26-29H,6,8,11-12,15-16,20H2,1-5H3,(H,37,39)/t26-,27+,28+,29+/m1/s1. The molecule has 248 valence electrons. The van der Waals surface area contributed by atoms with Crippen LogP contribution in [-0.2, 0) is 37.1 Å². The average molecular weight is 653 g/mol. The highest BCUT2D eigenvalue weighted by Gasteiger charge is 2.59. The van der Waals surface area contributed by atoms with E-state index in [4.69, 9.17) is 9.47 Å². The van der Waals surface area contributed by atoms with Crippen LogP contribution in [0.3, 0.4) is 0 Å². The zero-order chi connectivity index (χ0) is 33.2. The molecule has 45 heavy (non-hydrogen) atoms. The molecule has 1 aliphatic carbocycles. The van der Waals surface area contributed by atoms with Gasteiger partial charge in [-0.2, -0.15) is 13.2 Å². The summed E-state index contributed by atoms with van der Waals surface area (Å²) >= 11 is 0. The lowest BCUT2D eigenvalue weighted by Crippen LogP contribution is -2.54. The summed E-state index contributed by atoms with van der Waals surface area (Å²) in [5, 5.41) is 0. The van der Waals surface area contributed by atoms with Gasteiger partial charge < -0.3 is 14.4 Å². The number of sulfonamides is 1. The number of nitrogens with zero attached hydrogens (tertiary/aromatic N) is 1. The number of halogens is 3. The predicted molar refractivity (Wildman–Crippen MR) is 164 cm³/mol. The molecule has 1 heterocycles. The van der Waals surface area contributed by atoms with Gasteiger partial charge in [0.1, 0.15) is 11.8 Å². The number of alkyl halides is 3. The molecule has 2 amide bonds. The maximum absolute atomic E-state index is 14.5. The van der Waals surface area contributed by atoms with Crippen molar-refractivity contribution in [2.75, 3.05) is 12.9 Å². The highest BCUT2D eigenvalue weighted by Crippen LogP contribution is 2.51. The minimum atomic E-state index is -4.59. The van der Waals surface area contributed by atoms with Crippen LogP contribution >= 0.6 is 0 Å². The zero-order valence-corrected chi connectivity index (χ0v) is 27.2. The van der Waals surface area contributed by atoms with Gasteiger partial charge in [0.25, 0.3) is 5.91 Å². The van der Waals surface area contributed by atoms with Crippen molar-refractivity contribution < 1.29 is 40.7 Å². The molecule has 0 spiro atoms. The monoisotopic (exact) mass is 652 g/mol. The molecular formula is C33H43F3N2O6S. The van der Waals surface area contributed by atoms with Crippen molar-refractivity contribution in [2.45, 2.75) is 90.8 Å². The Morgan fingerprint density at radius 2 is 1.64 bits per heavy atom. The lowest BCUT2D eigenvalue weighted by Gasteiger charge is -2.37. The Balaban J connectivity index is 1.88. The van der Waals surface area contributed by atoms with Gasteiger partial charge >= 0.3 is 6.18 Å². The van der Waals surface area contributed by atoms with E-state index < -0.39 is 57.2 Å². The molecule has 8 nitrogen and oxygen atoms in total. The topological polar surface area (TPSA) is 102 Å². The third kappa shape index (κ3) is 7.82. The Morgan fingerprint density at radius 3 is 2.20 bits per heavy atom. The zero-order valence-electron chi connectivity index (χ0n) is 26.4. The number of hydrogen-bond acceptors (Lipinski definition) is 6. The number of methoxy groups -OCH3 is 1. The van der Waals surface area contributed by atoms with Crippen molar-refractivity contribution in [3.8, 4) is 5.75 Å². The van der Waals surface area contributed by atoms with Gasteiger partial charge in [-0.15, -0.1) is 0 Å². The molecule has 0 unspecified atom stereocenters. The van der Waals surface area contributed by atoms with Gasteiger partial charge in [0.2, 0.25) is 15.9 Å². The number of carbonyl (C=O) groups excluding carboxylic acids is 2. The van der Waals surface area contributed by atoms with E-state index in [-0.39, 0.29) is 35.5 Å². The molecule has 2 fully saturated rings. The third-order valence-electron chi connectivity index (χ3n) is 8.90. The van der Waals surface area contributed by atoms with Crippen LogP contribution in [-0.4, -0.2) is 50.1 Å². The fourth-order valence-electron chi connectivity index (χ4n) is 6.71. The van der Waals surface area contributed by atoms with E-state index >= 15 is 0 Å². The first-order valence-corrected chi connectivity index (χ1v) is 17.0. The van der Waals surface area contributed by atoms with Crippen molar-refractivity contribution >= 4 is 21.8 Å². The van der Waals surface area contributed by atoms with Crippen molar-refractivity contribution in [3.63, 3.8) is 0 Å². The number of nitrogens with one attached hydrogen (secondary N) is 1. The van der Waals surface area contributed by atoms with Gasteiger partial charge in [0, 0.05) is 17.4 Å². The van der Waals surface area contributed by atoms with E-state index in [0.29, 0.717) is 18.4 Å². The number of amides is 2. The molecule has 0 aromatic heterocycles. The van der Waals surface area contributed by atoms with E-state index in [1.54, 1.807) is 12.1 Å². The van der Waals surface area contributed by atoms with Crippen molar-refractivity contribution in [1.82, 2.24) is 9.62 Å². The lowest BCUT2D eigenvalue weighted by atomic mass is 9.73. The van der Waals surface area contributed by atoms with E-state index in [9.17, 15) is 31.2 Å². The molecular weight excluding hydrogens is 609 g/mol. The number of benzene rings is 2. The molecule has 0 bridgehead atoms. The first kappa shape index (κ1) is 34.7. The van der Waals surface area contributed by atoms with Gasteiger partial charge in [-0.1, -0.05) is 70.4 Å². The third-order valence-corrected chi connectivity index (χ3v) is 10.2. The van der Waals surface area contributed by atoms with Crippen LogP contribution < -0.4 is 9.46 Å².